The molecule has 1 N–H and O–H groups in total. The van der Waals surface area contributed by atoms with Gasteiger partial charge in [0.15, 0.2) is 5.76 Å². The molecular formula is C15H19N3O3. The van der Waals surface area contributed by atoms with Crippen LogP contribution in [0.4, 0.5) is 0 Å². The van der Waals surface area contributed by atoms with Crippen molar-refractivity contribution >= 4 is 5.91 Å². The van der Waals surface area contributed by atoms with Crippen molar-refractivity contribution in [3.8, 4) is 11.5 Å². The van der Waals surface area contributed by atoms with Crippen LogP contribution in [0.5, 0.6) is 0 Å². The summed E-state index contributed by atoms with van der Waals surface area (Å²) in [7, 11) is 0. The van der Waals surface area contributed by atoms with Crippen LogP contribution in [-0.2, 0) is 11.3 Å². The van der Waals surface area contributed by atoms with Gasteiger partial charge in [-0.3, -0.25) is 9.59 Å². The Hall–Kier alpha value is -2.37. The van der Waals surface area contributed by atoms with Crippen LogP contribution in [0.15, 0.2) is 39.7 Å². The fourth-order valence-electron chi connectivity index (χ4n) is 1.91. The highest BCUT2D eigenvalue weighted by molar-refractivity contribution is 5.75. The lowest BCUT2D eigenvalue weighted by atomic mass is 10.1. The zero-order valence-electron chi connectivity index (χ0n) is 12.2. The van der Waals surface area contributed by atoms with E-state index in [0.29, 0.717) is 36.9 Å². The van der Waals surface area contributed by atoms with Gasteiger partial charge < -0.3 is 9.73 Å². The van der Waals surface area contributed by atoms with Crippen LogP contribution in [-0.4, -0.2) is 22.2 Å². The molecule has 2 heterocycles. The van der Waals surface area contributed by atoms with E-state index in [1.54, 1.807) is 24.5 Å². The Balaban J connectivity index is 1.98. The van der Waals surface area contributed by atoms with Gasteiger partial charge in [-0.2, -0.15) is 5.10 Å². The first kappa shape index (κ1) is 15.0. The van der Waals surface area contributed by atoms with Gasteiger partial charge in [-0.15, -0.1) is 0 Å². The maximum absolute atomic E-state index is 11.8. The van der Waals surface area contributed by atoms with Crippen LogP contribution in [0.2, 0.25) is 0 Å². The summed E-state index contributed by atoms with van der Waals surface area (Å²) in [6, 6.07) is 6.61. The quantitative estimate of drug-likeness (QED) is 0.877. The molecule has 0 aliphatic rings. The predicted molar refractivity (Wildman–Crippen MR) is 78.7 cm³/mol. The molecule has 6 nitrogen and oxygen atoms in total. The van der Waals surface area contributed by atoms with Crippen LogP contribution in [0.1, 0.15) is 20.3 Å². The SMILES string of the molecule is CC(C)CC(=O)NCCn1nc(-c2ccco2)ccc1=O. The monoisotopic (exact) mass is 289 g/mol. The van der Waals surface area contributed by atoms with Crippen LogP contribution in [0, 0.1) is 5.92 Å². The topological polar surface area (TPSA) is 77.1 Å². The van der Waals surface area contributed by atoms with E-state index in [-0.39, 0.29) is 11.5 Å². The minimum Gasteiger partial charge on any atom is -0.463 e. The van der Waals surface area contributed by atoms with Crippen molar-refractivity contribution in [3.63, 3.8) is 0 Å². The van der Waals surface area contributed by atoms with E-state index in [1.807, 2.05) is 13.8 Å². The Morgan fingerprint density at radius 3 is 2.86 bits per heavy atom. The van der Waals surface area contributed by atoms with Crippen molar-refractivity contribution in [3.05, 3.63) is 40.9 Å². The highest BCUT2D eigenvalue weighted by atomic mass is 16.3. The molecule has 0 radical (unpaired) electrons. The number of furan rings is 1. The molecule has 0 aromatic carbocycles. The third kappa shape index (κ3) is 4.30. The largest absolute Gasteiger partial charge is 0.463 e. The van der Waals surface area contributed by atoms with Gasteiger partial charge in [0.1, 0.15) is 5.69 Å². The zero-order valence-corrected chi connectivity index (χ0v) is 12.2. The number of rotatable bonds is 6. The number of amides is 1. The standard InChI is InChI=1S/C15H19N3O3/c1-11(2)10-14(19)16-7-8-18-15(20)6-5-12(17-18)13-4-3-9-21-13/h3-6,9,11H,7-8,10H2,1-2H3,(H,16,19). The summed E-state index contributed by atoms with van der Waals surface area (Å²) in [6.07, 6.45) is 2.04. The molecular weight excluding hydrogens is 270 g/mol. The summed E-state index contributed by atoms with van der Waals surface area (Å²) in [5, 5.41) is 7.01. The number of carbonyl (C=O) groups is 1. The van der Waals surface area contributed by atoms with Crippen LogP contribution in [0.25, 0.3) is 11.5 Å². The molecule has 0 aliphatic heterocycles. The molecule has 0 fully saturated rings. The molecule has 0 atom stereocenters. The van der Waals surface area contributed by atoms with E-state index < -0.39 is 0 Å². The summed E-state index contributed by atoms with van der Waals surface area (Å²) in [5.41, 5.74) is 0.386. The van der Waals surface area contributed by atoms with E-state index in [4.69, 9.17) is 4.42 Å². The lowest BCUT2D eigenvalue weighted by molar-refractivity contribution is -0.121. The molecule has 6 heteroatoms. The third-order valence-corrected chi connectivity index (χ3v) is 2.88. The summed E-state index contributed by atoms with van der Waals surface area (Å²) in [5.74, 6) is 0.904. The van der Waals surface area contributed by atoms with Gasteiger partial charge in [0.05, 0.1) is 12.8 Å². The molecule has 1 amide bonds. The summed E-state index contributed by atoms with van der Waals surface area (Å²) >= 11 is 0. The van der Waals surface area contributed by atoms with Gasteiger partial charge in [-0.05, 0) is 24.1 Å². The number of carbonyl (C=O) groups excluding carboxylic acids is 1. The molecule has 2 aromatic heterocycles. The molecule has 0 saturated heterocycles. The average Bonchev–Trinajstić information content (AvgIpc) is 2.94. The van der Waals surface area contributed by atoms with Gasteiger partial charge in [-0.25, -0.2) is 4.68 Å². The molecule has 0 bridgehead atoms. The van der Waals surface area contributed by atoms with Gasteiger partial charge in [0, 0.05) is 19.0 Å². The summed E-state index contributed by atoms with van der Waals surface area (Å²) in [6.45, 7) is 4.67. The fraction of sp³-hybridized carbons (Fsp3) is 0.400. The number of nitrogens with one attached hydrogen (secondary N) is 1. The minimum atomic E-state index is -0.205. The Morgan fingerprint density at radius 2 is 2.19 bits per heavy atom. The van der Waals surface area contributed by atoms with Gasteiger partial charge in [0.2, 0.25) is 5.91 Å². The van der Waals surface area contributed by atoms with Gasteiger partial charge >= 0.3 is 0 Å². The highest BCUT2D eigenvalue weighted by Gasteiger charge is 2.07. The second-order valence-electron chi connectivity index (χ2n) is 5.21. The van der Waals surface area contributed by atoms with Crippen molar-refractivity contribution in [2.24, 2.45) is 5.92 Å². The van der Waals surface area contributed by atoms with Crippen LogP contribution < -0.4 is 10.9 Å². The molecule has 2 rings (SSSR count). The fourth-order valence-corrected chi connectivity index (χ4v) is 1.91. The molecule has 0 unspecified atom stereocenters. The second-order valence-corrected chi connectivity index (χ2v) is 5.21. The first-order valence-electron chi connectivity index (χ1n) is 6.95. The third-order valence-electron chi connectivity index (χ3n) is 2.88. The Kier molecular flexibility index (Phi) is 4.92. The summed E-state index contributed by atoms with van der Waals surface area (Å²) in [4.78, 5) is 23.3. The Morgan fingerprint density at radius 1 is 1.38 bits per heavy atom. The maximum atomic E-state index is 11.8. The molecule has 21 heavy (non-hydrogen) atoms. The minimum absolute atomic E-state index is 0.0137. The second kappa shape index (κ2) is 6.88. The van der Waals surface area contributed by atoms with Gasteiger partial charge in [0.25, 0.3) is 5.56 Å². The first-order chi connectivity index (χ1) is 10.1. The van der Waals surface area contributed by atoms with Crippen molar-refractivity contribution in [1.82, 2.24) is 15.1 Å². The molecule has 112 valence electrons. The average molecular weight is 289 g/mol. The van der Waals surface area contributed by atoms with E-state index in [1.165, 1.54) is 10.7 Å². The van der Waals surface area contributed by atoms with E-state index in [0.717, 1.165) is 0 Å². The zero-order chi connectivity index (χ0) is 15.2. The molecule has 0 saturated carbocycles. The van der Waals surface area contributed by atoms with Crippen molar-refractivity contribution in [1.29, 1.82) is 0 Å². The van der Waals surface area contributed by atoms with Gasteiger partial charge in [-0.1, -0.05) is 13.8 Å². The highest BCUT2D eigenvalue weighted by Crippen LogP contribution is 2.14. The van der Waals surface area contributed by atoms with Crippen molar-refractivity contribution < 1.29 is 9.21 Å². The summed E-state index contributed by atoms with van der Waals surface area (Å²) < 4.78 is 6.58. The lowest BCUT2D eigenvalue weighted by Gasteiger charge is -2.08. The number of aromatic nitrogens is 2. The van der Waals surface area contributed by atoms with Crippen LogP contribution >= 0.6 is 0 Å². The van der Waals surface area contributed by atoms with Crippen molar-refractivity contribution in [2.45, 2.75) is 26.8 Å². The Labute approximate surface area is 122 Å². The van der Waals surface area contributed by atoms with E-state index in [2.05, 4.69) is 10.4 Å². The molecule has 2 aromatic rings. The normalized spacial score (nSPS) is 10.8. The van der Waals surface area contributed by atoms with E-state index in [9.17, 15) is 9.59 Å². The Bertz CT molecular complexity index is 644. The van der Waals surface area contributed by atoms with E-state index >= 15 is 0 Å². The van der Waals surface area contributed by atoms with Crippen molar-refractivity contribution in [2.75, 3.05) is 6.54 Å². The lowest BCUT2D eigenvalue weighted by Crippen LogP contribution is -2.32. The first-order valence-corrected chi connectivity index (χ1v) is 6.95. The number of nitrogens with zero attached hydrogens (tertiary/aromatic N) is 2. The molecule has 0 aliphatic carbocycles. The number of hydrogen-bond donors (Lipinski definition) is 1. The van der Waals surface area contributed by atoms with Crippen LogP contribution in [0.3, 0.4) is 0 Å². The number of hydrogen-bond acceptors (Lipinski definition) is 4. The predicted octanol–water partition coefficient (Wildman–Crippen LogP) is 1.67. The maximum Gasteiger partial charge on any atom is 0.266 e. The molecule has 0 spiro atoms. The smallest absolute Gasteiger partial charge is 0.266 e.